The number of hydrogen-bond donors (Lipinski definition) is 0. The molecule has 4 heteroatoms. The van der Waals surface area contributed by atoms with Gasteiger partial charge in [-0.25, -0.2) is 9.79 Å². The van der Waals surface area contributed by atoms with Gasteiger partial charge in [0.1, 0.15) is 5.75 Å². The highest BCUT2D eigenvalue weighted by Crippen LogP contribution is 2.20. The standard InChI is InChI=1S/C20H19NO3/c1-2-3-13-23-17-11-9-15(10-12-17)14-18-20(22)24-19(21-18)16-7-5-4-6-8-16/h4-12,14H,2-3,13H2,1H3/b18-14+. The van der Waals surface area contributed by atoms with Crippen LogP contribution in [0.25, 0.3) is 6.08 Å². The number of rotatable bonds is 6. The molecule has 2 aromatic rings. The summed E-state index contributed by atoms with van der Waals surface area (Å²) in [5.74, 6) is 0.733. The van der Waals surface area contributed by atoms with Crippen molar-refractivity contribution in [1.82, 2.24) is 0 Å². The summed E-state index contributed by atoms with van der Waals surface area (Å²) < 4.78 is 10.9. The van der Waals surface area contributed by atoms with E-state index in [1.165, 1.54) is 0 Å². The normalized spacial score (nSPS) is 15.3. The van der Waals surface area contributed by atoms with E-state index in [-0.39, 0.29) is 0 Å². The highest BCUT2D eigenvalue weighted by Gasteiger charge is 2.23. The average molecular weight is 321 g/mol. The van der Waals surface area contributed by atoms with Crippen LogP contribution in [0.3, 0.4) is 0 Å². The van der Waals surface area contributed by atoms with Crippen molar-refractivity contribution in [2.75, 3.05) is 6.61 Å². The molecule has 24 heavy (non-hydrogen) atoms. The SMILES string of the molecule is CCCCOc1ccc(/C=C2/N=C(c3ccccc3)OC2=O)cc1. The van der Waals surface area contributed by atoms with Crippen molar-refractivity contribution in [1.29, 1.82) is 0 Å². The van der Waals surface area contributed by atoms with Gasteiger partial charge in [-0.2, -0.15) is 0 Å². The molecule has 1 aliphatic rings. The second kappa shape index (κ2) is 7.59. The first-order valence-electron chi connectivity index (χ1n) is 8.07. The van der Waals surface area contributed by atoms with E-state index < -0.39 is 5.97 Å². The first-order valence-corrected chi connectivity index (χ1v) is 8.07. The zero-order valence-electron chi connectivity index (χ0n) is 13.6. The van der Waals surface area contributed by atoms with Crippen LogP contribution in [0.2, 0.25) is 0 Å². The molecule has 0 spiro atoms. The van der Waals surface area contributed by atoms with Crippen LogP contribution in [0.15, 0.2) is 65.3 Å². The highest BCUT2D eigenvalue weighted by atomic mass is 16.6. The molecule has 122 valence electrons. The van der Waals surface area contributed by atoms with E-state index in [0.717, 1.165) is 29.7 Å². The third kappa shape index (κ3) is 3.90. The first kappa shape index (κ1) is 16.0. The van der Waals surface area contributed by atoms with Gasteiger partial charge in [0.25, 0.3) is 0 Å². The Bertz CT molecular complexity index is 761. The Kier molecular flexibility index (Phi) is 5.06. The molecule has 0 unspecified atom stereocenters. The number of hydrogen-bond acceptors (Lipinski definition) is 4. The number of carbonyl (C=O) groups excluding carboxylic acids is 1. The van der Waals surface area contributed by atoms with Gasteiger partial charge in [-0.1, -0.05) is 43.7 Å². The summed E-state index contributed by atoms with van der Waals surface area (Å²) in [6, 6.07) is 17.0. The van der Waals surface area contributed by atoms with Gasteiger partial charge in [0, 0.05) is 5.56 Å². The number of unbranched alkanes of at least 4 members (excludes halogenated alkanes) is 1. The van der Waals surface area contributed by atoms with Crippen molar-refractivity contribution < 1.29 is 14.3 Å². The molecule has 0 N–H and O–H groups in total. The van der Waals surface area contributed by atoms with Crippen molar-refractivity contribution in [2.24, 2.45) is 4.99 Å². The van der Waals surface area contributed by atoms with Gasteiger partial charge in [-0.3, -0.25) is 0 Å². The number of benzene rings is 2. The van der Waals surface area contributed by atoms with Crippen molar-refractivity contribution in [3.8, 4) is 5.75 Å². The monoisotopic (exact) mass is 321 g/mol. The minimum absolute atomic E-state index is 0.300. The van der Waals surface area contributed by atoms with E-state index in [1.54, 1.807) is 6.08 Å². The van der Waals surface area contributed by atoms with E-state index in [9.17, 15) is 4.79 Å². The lowest BCUT2D eigenvalue weighted by Gasteiger charge is -2.05. The summed E-state index contributed by atoms with van der Waals surface area (Å²) in [7, 11) is 0. The van der Waals surface area contributed by atoms with E-state index in [0.29, 0.717) is 18.2 Å². The summed E-state index contributed by atoms with van der Waals surface area (Å²) in [4.78, 5) is 16.3. The molecule has 0 atom stereocenters. The van der Waals surface area contributed by atoms with E-state index >= 15 is 0 Å². The fourth-order valence-electron chi connectivity index (χ4n) is 2.27. The minimum Gasteiger partial charge on any atom is -0.494 e. The van der Waals surface area contributed by atoms with Crippen LogP contribution in [0.5, 0.6) is 5.75 Å². The Morgan fingerprint density at radius 1 is 1.08 bits per heavy atom. The Labute approximate surface area is 141 Å². The van der Waals surface area contributed by atoms with Crippen molar-refractivity contribution in [2.45, 2.75) is 19.8 Å². The maximum atomic E-state index is 12.0. The number of esters is 1. The zero-order chi connectivity index (χ0) is 16.8. The lowest BCUT2D eigenvalue weighted by atomic mass is 10.2. The van der Waals surface area contributed by atoms with Gasteiger partial charge in [-0.05, 0) is 42.3 Å². The van der Waals surface area contributed by atoms with Crippen LogP contribution in [-0.4, -0.2) is 18.5 Å². The lowest BCUT2D eigenvalue weighted by Crippen LogP contribution is -2.04. The number of carbonyl (C=O) groups is 1. The molecule has 0 aliphatic carbocycles. The molecule has 2 aromatic carbocycles. The number of nitrogens with zero attached hydrogens (tertiary/aromatic N) is 1. The molecule has 0 saturated carbocycles. The predicted octanol–water partition coefficient (Wildman–Crippen LogP) is 4.21. The fraction of sp³-hybridized carbons (Fsp3) is 0.200. The van der Waals surface area contributed by atoms with Crippen molar-refractivity contribution >= 4 is 17.9 Å². The van der Waals surface area contributed by atoms with Gasteiger partial charge in [0.05, 0.1) is 6.61 Å². The first-order chi connectivity index (χ1) is 11.8. The molecule has 0 saturated heterocycles. The molecule has 1 heterocycles. The third-order valence-corrected chi connectivity index (χ3v) is 3.59. The van der Waals surface area contributed by atoms with Gasteiger partial charge in [-0.15, -0.1) is 0 Å². The zero-order valence-corrected chi connectivity index (χ0v) is 13.6. The van der Waals surface area contributed by atoms with Gasteiger partial charge < -0.3 is 9.47 Å². The maximum absolute atomic E-state index is 12.0. The van der Waals surface area contributed by atoms with Gasteiger partial charge in [0.2, 0.25) is 5.90 Å². The fourth-order valence-corrected chi connectivity index (χ4v) is 2.27. The summed E-state index contributed by atoms with van der Waals surface area (Å²) in [6.07, 6.45) is 3.86. The van der Waals surface area contributed by atoms with Gasteiger partial charge >= 0.3 is 5.97 Å². The summed E-state index contributed by atoms with van der Waals surface area (Å²) in [6.45, 7) is 2.84. The smallest absolute Gasteiger partial charge is 0.363 e. The van der Waals surface area contributed by atoms with Crippen LogP contribution in [0.1, 0.15) is 30.9 Å². The maximum Gasteiger partial charge on any atom is 0.363 e. The molecule has 0 amide bonds. The molecule has 0 aromatic heterocycles. The van der Waals surface area contributed by atoms with E-state index in [1.807, 2.05) is 54.6 Å². The predicted molar refractivity (Wildman–Crippen MR) is 93.9 cm³/mol. The number of ether oxygens (including phenoxy) is 2. The summed E-state index contributed by atoms with van der Waals surface area (Å²) in [5.41, 5.74) is 1.96. The second-order valence-electron chi connectivity index (χ2n) is 5.47. The van der Waals surface area contributed by atoms with Crippen molar-refractivity contribution in [3.63, 3.8) is 0 Å². The Hall–Kier alpha value is -2.88. The highest BCUT2D eigenvalue weighted by molar-refractivity contribution is 6.12. The summed E-state index contributed by atoms with van der Waals surface area (Å²) >= 11 is 0. The molecular formula is C20H19NO3. The Balaban J connectivity index is 1.73. The Morgan fingerprint density at radius 3 is 2.54 bits per heavy atom. The minimum atomic E-state index is -0.433. The molecule has 0 fully saturated rings. The Morgan fingerprint density at radius 2 is 1.83 bits per heavy atom. The average Bonchev–Trinajstić information content (AvgIpc) is 2.98. The van der Waals surface area contributed by atoms with Crippen LogP contribution in [0.4, 0.5) is 0 Å². The molecule has 4 nitrogen and oxygen atoms in total. The quantitative estimate of drug-likeness (QED) is 0.455. The molecule has 0 radical (unpaired) electrons. The van der Waals surface area contributed by atoms with Crippen molar-refractivity contribution in [3.05, 3.63) is 71.4 Å². The molecular weight excluding hydrogens is 302 g/mol. The lowest BCUT2D eigenvalue weighted by molar-refractivity contribution is -0.129. The van der Waals surface area contributed by atoms with E-state index in [4.69, 9.17) is 9.47 Å². The number of aliphatic imine (C=N–C) groups is 1. The molecule has 0 bridgehead atoms. The van der Waals surface area contributed by atoms with Crippen LogP contribution in [-0.2, 0) is 9.53 Å². The molecule has 1 aliphatic heterocycles. The van der Waals surface area contributed by atoms with Crippen LogP contribution >= 0.6 is 0 Å². The second-order valence-corrected chi connectivity index (χ2v) is 5.47. The van der Waals surface area contributed by atoms with Crippen LogP contribution < -0.4 is 4.74 Å². The van der Waals surface area contributed by atoms with Gasteiger partial charge in [0.15, 0.2) is 5.70 Å². The topological polar surface area (TPSA) is 47.9 Å². The largest absolute Gasteiger partial charge is 0.494 e. The summed E-state index contributed by atoms with van der Waals surface area (Å²) in [5, 5.41) is 0. The third-order valence-electron chi connectivity index (χ3n) is 3.59. The molecule has 3 rings (SSSR count). The van der Waals surface area contributed by atoms with Crippen LogP contribution in [0, 0.1) is 0 Å². The number of cyclic esters (lactones) is 1. The van der Waals surface area contributed by atoms with E-state index in [2.05, 4.69) is 11.9 Å².